The molecular formula is C5H7NO2S. The van der Waals surface area contributed by atoms with Crippen LogP contribution in [0, 0.1) is 0 Å². The molecule has 0 spiro atoms. The van der Waals surface area contributed by atoms with Crippen molar-refractivity contribution in [2.75, 3.05) is 6.61 Å². The smallest absolute Gasteiger partial charge is 0.259 e. The molecule has 0 bridgehead atoms. The average Bonchev–Trinajstić information content (AvgIpc) is 2.22. The van der Waals surface area contributed by atoms with Crippen LogP contribution in [0.2, 0.25) is 0 Å². The van der Waals surface area contributed by atoms with Crippen molar-refractivity contribution in [1.29, 1.82) is 0 Å². The standard InChI is InChI=1S/C5H7NO2S/c9-5-6-4-3(8-5)1-2-7-4/h3-4H,1-2H2,(H,6,9)/t3-,4+/m1/s1. The molecule has 4 heteroatoms. The average molecular weight is 145 g/mol. The van der Waals surface area contributed by atoms with Crippen LogP contribution >= 0.6 is 12.2 Å². The van der Waals surface area contributed by atoms with Gasteiger partial charge < -0.3 is 14.8 Å². The van der Waals surface area contributed by atoms with E-state index in [2.05, 4.69) is 5.32 Å². The van der Waals surface area contributed by atoms with Gasteiger partial charge in [-0.1, -0.05) is 0 Å². The highest BCUT2D eigenvalue weighted by Crippen LogP contribution is 2.19. The molecule has 2 saturated heterocycles. The molecule has 0 aromatic heterocycles. The van der Waals surface area contributed by atoms with E-state index in [-0.39, 0.29) is 12.3 Å². The fraction of sp³-hybridized carbons (Fsp3) is 0.800. The first-order valence-electron chi connectivity index (χ1n) is 2.95. The molecule has 0 amide bonds. The van der Waals surface area contributed by atoms with Crippen LogP contribution in [0.25, 0.3) is 0 Å². The van der Waals surface area contributed by atoms with E-state index in [0.29, 0.717) is 5.17 Å². The Bertz CT molecular complexity index is 136. The zero-order valence-electron chi connectivity index (χ0n) is 4.79. The van der Waals surface area contributed by atoms with Crippen LogP contribution in [0.1, 0.15) is 6.42 Å². The second-order valence-corrected chi connectivity index (χ2v) is 2.54. The number of thiocarbonyl (C=S) groups is 1. The van der Waals surface area contributed by atoms with Crippen LogP contribution in [0.15, 0.2) is 0 Å². The van der Waals surface area contributed by atoms with Crippen molar-refractivity contribution < 1.29 is 9.47 Å². The lowest BCUT2D eigenvalue weighted by molar-refractivity contribution is 0.0761. The van der Waals surface area contributed by atoms with Crippen molar-refractivity contribution in [3.8, 4) is 0 Å². The van der Waals surface area contributed by atoms with Gasteiger partial charge in [-0.05, 0) is 12.2 Å². The first-order chi connectivity index (χ1) is 4.36. The van der Waals surface area contributed by atoms with Gasteiger partial charge in [-0.2, -0.15) is 0 Å². The van der Waals surface area contributed by atoms with E-state index in [1.165, 1.54) is 0 Å². The minimum absolute atomic E-state index is 0.0394. The maximum Gasteiger partial charge on any atom is 0.259 e. The van der Waals surface area contributed by atoms with Gasteiger partial charge in [0, 0.05) is 6.42 Å². The largest absolute Gasteiger partial charge is 0.463 e. The number of hydrogen-bond acceptors (Lipinski definition) is 3. The number of nitrogens with one attached hydrogen (secondary N) is 1. The fourth-order valence-corrected chi connectivity index (χ4v) is 1.35. The Kier molecular flexibility index (Phi) is 1.10. The van der Waals surface area contributed by atoms with Gasteiger partial charge in [0.2, 0.25) is 0 Å². The van der Waals surface area contributed by atoms with Gasteiger partial charge >= 0.3 is 0 Å². The third-order valence-corrected chi connectivity index (χ3v) is 1.77. The Hall–Kier alpha value is -0.350. The lowest BCUT2D eigenvalue weighted by atomic mass is 10.3. The van der Waals surface area contributed by atoms with Crippen LogP contribution in [0.5, 0.6) is 0 Å². The molecule has 50 valence electrons. The third-order valence-electron chi connectivity index (χ3n) is 1.56. The minimum Gasteiger partial charge on any atom is -0.463 e. The SMILES string of the molecule is S=C1N[C@H]2OCC[C@H]2O1. The number of fused-ring (bicyclic) bond motifs is 1. The Morgan fingerprint density at radius 3 is 3.33 bits per heavy atom. The molecule has 0 aromatic carbocycles. The second kappa shape index (κ2) is 1.82. The van der Waals surface area contributed by atoms with Crippen LogP contribution in [-0.2, 0) is 9.47 Å². The molecule has 2 atom stereocenters. The summed E-state index contributed by atoms with van der Waals surface area (Å²) < 4.78 is 10.4. The molecule has 0 radical (unpaired) electrons. The van der Waals surface area contributed by atoms with E-state index in [9.17, 15) is 0 Å². The van der Waals surface area contributed by atoms with Crippen molar-refractivity contribution >= 4 is 17.4 Å². The normalized spacial score (nSPS) is 39.8. The predicted octanol–water partition coefficient (Wildman–Crippen LogP) is 0.00610. The summed E-state index contributed by atoms with van der Waals surface area (Å²) >= 11 is 4.76. The van der Waals surface area contributed by atoms with Crippen molar-refractivity contribution in [1.82, 2.24) is 5.32 Å². The fourth-order valence-electron chi connectivity index (χ4n) is 1.11. The molecule has 1 N–H and O–H groups in total. The van der Waals surface area contributed by atoms with Crippen molar-refractivity contribution in [2.45, 2.75) is 18.8 Å². The molecule has 3 nitrogen and oxygen atoms in total. The molecule has 2 aliphatic rings. The lowest BCUT2D eigenvalue weighted by Gasteiger charge is -2.02. The highest BCUT2D eigenvalue weighted by Gasteiger charge is 2.36. The number of ether oxygens (including phenoxy) is 2. The number of rotatable bonds is 0. The van der Waals surface area contributed by atoms with Gasteiger partial charge in [0.25, 0.3) is 5.17 Å². The number of hydrogen-bond donors (Lipinski definition) is 1. The topological polar surface area (TPSA) is 30.5 Å². The first kappa shape index (κ1) is 5.44. The molecule has 2 aliphatic heterocycles. The Morgan fingerprint density at radius 2 is 2.56 bits per heavy atom. The van der Waals surface area contributed by atoms with E-state index < -0.39 is 0 Å². The van der Waals surface area contributed by atoms with Gasteiger partial charge in [0.1, 0.15) is 6.10 Å². The van der Waals surface area contributed by atoms with Crippen molar-refractivity contribution in [2.24, 2.45) is 0 Å². The molecular weight excluding hydrogens is 138 g/mol. The zero-order chi connectivity index (χ0) is 6.27. The monoisotopic (exact) mass is 145 g/mol. The summed E-state index contributed by atoms with van der Waals surface area (Å²) in [6.45, 7) is 0.783. The summed E-state index contributed by atoms with van der Waals surface area (Å²) in [7, 11) is 0. The van der Waals surface area contributed by atoms with Gasteiger partial charge in [0.05, 0.1) is 6.61 Å². The Labute approximate surface area is 58.3 Å². The first-order valence-corrected chi connectivity index (χ1v) is 3.36. The predicted molar refractivity (Wildman–Crippen MR) is 35.0 cm³/mol. The molecule has 0 saturated carbocycles. The summed E-state index contributed by atoms with van der Waals surface area (Å²) in [5, 5.41) is 3.38. The molecule has 2 rings (SSSR count). The minimum atomic E-state index is 0.0394. The highest BCUT2D eigenvalue weighted by atomic mass is 32.1. The highest BCUT2D eigenvalue weighted by molar-refractivity contribution is 7.80. The molecule has 2 heterocycles. The quantitative estimate of drug-likeness (QED) is 0.486. The van der Waals surface area contributed by atoms with Crippen LogP contribution in [-0.4, -0.2) is 24.1 Å². The third kappa shape index (κ3) is 0.784. The summed E-state index contributed by atoms with van der Waals surface area (Å²) in [4.78, 5) is 0. The van der Waals surface area contributed by atoms with Gasteiger partial charge in [-0.25, -0.2) is 0 Å². The van der Waals surface area contributed by atoms with Gasteiger partial charge in [0.15, 0.2) is 6.23 Å². The maximum atomic E-state index is 5.22. The zero-order valence-corrected chi connectivity index (χ0v) is 5.61. The second-order valence-electron chi connectivity index (χ2n) is 2.17. The van der Waals surface area contributed by atoms with E-state index in [0.717, 1.165) is 13.0 Å². The van der Waals surface area contributed by atoms with Crippen LogP contribution in [0.4, 0.5) is 0 Å². The van der Waals surface area contributed by atoms with Gasteiger partial charge in [-0.15, -0.1) is 0 Å². The maximum absolute atomic E-state index is 5.22. The summed E-state index contributed by atoms with van der Waals surface area (Å²) in [6, 6.07) is 0. The van der Waals surface area contributed by atoms with E-state index >= 15 is 0 Å². The van der Waals surface area contributed by atoms with Crippen molar-refractivity contribution in [3.63, 3.8) is 0 Å². The molecule has 2 fully saturated rings. The molecule has 9 heavy (non-hydrogen) atoms. The van der Waals surface area contributed by atoms with Crippen LogP contribution < -0.4 is 5.32 Å². The summed E-state index contributed by atoms with van der Waals surface area (Å²) in [5.41, 5.74) is 0. The molecule has 0 unspecified atom stereocenters. The Balaban J connectivity index is 2.09. The van der Waals surface area contributed by atoms with E-state index in [4.69, 9.17) is 21.7 Å². The Morgan fingerprint density at radius 1 is 1.67 bits per heavy atom. The summed E-state index contributed by atoms with van der Waals surface area (Å²) in [5.74, 6) is 0. The van der Waals surface area contributed by atoms with E-state index in [1.807, 2.05) is 0 Å². The van der Waals surface area contributed by atoms with E-state index in [1.54, 1.807) is 0 Å². The summed E-state index contributed by atoms with van der Waals surface area (Å²) in [6.07, 6.45) is 1.17. The van der Waals surface area contributed by atoms with Crippen molar-refractivity contribution in [3.05, 3.63) is 0 Å². The lowest BCUT2D eigenvalue weighted by Crippen LogP contribution is -2.28. The van der Waals surface area contributed by atoms with Crippen LogP contribution in [0.3, 0.4) is 0 Å². The molecule has 0 aliphatic carbocycles. The van der Waals surface area contributed by atoms with Gasteiger partial charge in [-0.3, -0.25) is 0 Å². The molecule has 0 aromatic rings.